The smallest absolute Gasteiger partial charge is 0.348 e. The second-order valence-corrected chi connectivity index (χ2v) is 10.6. The van der Waals surface area contributed by atoms with Crippen LogP contribution >= 0.6 is 11.3 Å². The van der Waals surface area contributed by atoms with Crippen molar-refractivity contribution < 1.29 is 24.5 Å². The molecule has 2 aliphatic carbocycles. The molecule has 3 fully saturated rings. The molecule has 2 saturated carbocycles. The number of anilines is 1. The monoisotopic (exact) mass is 459 g/mol. The van der Waals surface area contributed by atoms with Crippen molar-refractivity contribution in [3.8, 4) is 11.8 Å². The summed E-state index contributed by atoms with van der Waals surface area (Å²) >= 11 is 1.15. The van der Waals surface area contributed by atoms with Crippen molar-refractivity contribution in [2.45, 2.75) is 76.9 Å². The number of thiophene rings is 1. The minimum absolute atomic E-state index is 0.0438. The maximum Gasteiger partial charge on any atom is 0.348 e. The number of rotatable bonds is 4. The van der Waals surface area contributed by atoms with Crippen molar-refractivity contribution in [1.29, 1.82) is 0 Å². The van der Waals surface area contributed by atoms with E-state index in [2.05, 4.69) is 18.8 Å². The summed E-state index contributed by atoms with van der Waals surface area (Å²) in [6.07, 6.45) is 6.97. The zero-order valence-electron chi connectivity index (χ0n) is 18.7. The van der Waals surface area contributed by atoms with Crippen molar-refractivity contribution in [2.75, 3.05) is 18.1 Å². The molecule has 4 rings (SSSR count). The van der Waals surface area contributed by atoms with E-state index in [9.17, 15) is 19.8 Å². The van der Waals surface area contributed by atoms with Gasteiger partial charge in [-0.05, 0) is 69.8 Å². The Balaban J connectivity index is 1.66. The standard InChI is InChI=1S/C25H33NO5S/c1-16-2-5-18(6-3-16)24(28)26(19-7-9-20(27)10-8-19)22-14-21(32-23(22)25(29)30)11-4-17-12-13-31-15-17/h14,16-20,27H,2-3,5-10,12-13,15H2,1H3,(H,29,30). The molecule has 1 atom stereocenters. The number of amides is 1. The third-order valence-electron chi connectivity index (χ3n) is 7.13. The minimum Gasteiger partial charge on any atom is -0.477 e. The molecule has 1 aromatic heterocycles. The van der Waals surface area contributed by atoms with E-state index in [0.29, 0.717) is 55.4 Å². The number of carbonyl (C=O) groups excluding carboxylic acids is 1. The number of nitrogens with zero attached hydrogens (tertiary/aromatic N) is 1. The van der Waals surface area contributed by atoms with Gasteiger partial charge in [0.05, 0.1) is 23.3 Å². The van der Waals surface area contributed by atoms with Gasteiger partial charge in [-0.3, -0.25) is 4.79 Å². The van der Waals surface area contributed by atoms with Crippen LogP contribution in [-0.2, 0) is 9.53 Å². The van der Waals surface area contributed by atoms with E-state index in [1.165, 1.54) is 0 Å². The zero-order valence-corrected chi connectivity index (χ0v) is 19.5. The summed E-state index contributed by atoms with van der Waals surface area (Å²) in [5.74, 6) is 6.11. The number of ether oxygens (including phenoxy) is 1. The lowest BCUT2D eigenvalue weighted by Crippen LogP contribution is -2.47. The van der Waals surface area contributed by atoms with Gasteiger partial charge >= 0.3 is 5.97 Å². The highest BCUT2D eigenvalue weighted by Crippen LogP contribution is 2.38. The lowest BCUT2D eigenvalue weighted by molar-refractivity contribution is -0.124. The quantitative estimate of drug-likeness (QED) is 0.656. The number of hydrogen-bond donors (Lipinski definition) is 2. The molecule has 0 aromatic carbocycles. The topological polar surface area (TPSA) is 87.1 Å². The first kappa shape index (κ1) is 23.3. The normalized spacial score (nSPS) is 30.4. The molecule has 1 aromatic rings. The van der Waals surface area contributed by atoms with E-state index in [1.54, 1.807) is 11.0 Å². The first-order chi connectivity index (χ1) is 15.4. The molecule has 1 saturated heterocycles. The highest BCUT2D eigenvalue weighted by atomic mass is 32.1. The average Bonchev–Trinajstić information content (AvgIpc) is 3.44. The van der Waals surface area contributed by atoms with Crippen molar-refractivity contribution in [3.05, 3.63) is 15.8 Å². The van der Waals surface area contributed by atoms with Crippen molar-refractivity contribution in [3.63, 3.8) is 0 Å². The van der Waals surface area contributed by atoms with Gasteiger partial charge in [-0.1, -0.05) is 18.8 Å². The highest BCUT2D eigenvalue weighted by molar-refractivity contribution is 7.15. The van der Waals surface area contributed by atoms with Gasteiger partial charge in [0, 0.05) is 24.5 Å². The second-order valence-electron chi connectivity index (χ2n) is 9.59. The van der Waals surface area contributed by atoms with Crippen LogP contribution in [0, 0.1) is 29.6 Å². The van der Waals surface area contributed by atoms with E-state index in [-0.39, 0.29) is 34.8 Å². The number of carboxylic acids is 1. The highest BCUT2D eigenvalue weighted by Gasteiger charge is 2.37. The first-order valence-electron chi connectivity index (χ1n) is 11.9. The van der Waals surface area contributed by atoms with Crippen LogP contribution in [0.5, 0.6) is 0 Å². The van der Waals surface area contributed by atoms with Crippen molar-refractivity contribution in [2.24, 2.45) is 17.8 Å². The molecule has 0 radical (unpaired) electrons. The Kier molecular flexibility index (Phi) is 7.55. The maximum atomic E-state index is 13.8. The molecule has 1 aliphatic heterocycles. The van der Waals surface area contributed by atoms with Crippen LogP contribution in [0.4, 0.5) is 5.69 Å². The van der Waals surface area contributed by atoms with Crippen LogP contribution in [0.1, 0.15) is 79.3 Å². The number of hydrogen-bond acceptors (Lipinski definition) is 5. The Hall–Kier alpha value is -1.88. The Morgan fingerprint density at radius 1 is 1.09 bits per heavy atom. The molecule has 6 nitrogen and oxygen atoms in total. The van der Waals surface area contributed by atoms with Crippen molar-refractivity contribution in [1.82, 2.24) is 0 Å². The number of carbonyl (C=O) groups is 2. The van der Waals surface area contributed by atoms with Crippen LogP contribution < -0.4 is 4.90 Å². The molecule has 1 amide bonds. The summed E-state index contributed by atoms with van der Waals surface area (Å²) in [5, 5.41) is 19.9. The van der Waals surface area contributed by atoms with Gasteiger partial charge in [0.25, 0.3) is 0 Å². The van der Waals surface area contributed by atoms with Gasteiger partial charge in [-0.25, -0.2) is 4.79 Å². The summed E-state index contributed by atoms with van der Waals surface area (Å²) < 4.78 is 5.38. The zero-order chi connectivity index (χ0) is 22.7. The van der Waals surface area contributed by atoms with Gasteiger partial charge in [-0.2, -0.15) is 0 Å². The van der Waals surface area contributed by atoms with Gasteiger partial charge in [-0.15, -0.1) is 11.3 Å². The number of carboxylic acid groups (broad SMARTS) is 1. The summed E-state index contributed by atoms with van der Waals surface area (Å²) in [5.41, 5.74) is 0.486. The third-order valence-corrected chi connectivity index (χ3v) is 8.16. The third kappa shape index (κ3) is 5.36. The van der Waals surface area contributed by atoms with Crippen LogP contribution in [-0.4, -0.2) is 47.4 Å². The molecule has 0 spiro atoms. The van der Waals surface area contributed by atoms with Crippen molar-refractivity contribution >= 4 is 28.9 Å². The molecular formula is C25H33NO5S. The molecule has 0 bridgehead atoms. The fourth-order valence-corrected chi connectivity index (χ4v) is 5.96. The van der Waals surface area contributed by atoms with Crippen LogP contribution in [0.3, 0.4) is 0 Å². The lowest BCUT2D eigenvalue weighted by atomic mass is 9.81. The predicted octanol–water partition coefficient (Wildman–Crippen LogP) is 4.30. The van der Waals surface area contributed by atoms with Crippen LogP contribution in [0.2, 0.25) is 0 Å². The number of aliphatic hydroxyl groups is 1. The Bertz CT molecular complexity index is 878. The lowest BCUT2D eigenvalue weighted by Gasteiger charge is -2.38. The summed E-state index contributed by atoms with van der Waals surface area (Å²) in [6.45, 7) is 3.56. The van der Waals surface area contributed by atoms with Gasteiger partial charge in [0.15, 0.2) is 0 Å². The molecule has 2 N–H and O–H groups in total. The maximum absolute atomic E-state index is 13.8. The molecule has 1 unspecified atom stereocenters. The molecule has 2 heterocycles. The second kappa shape index (κ2) is 10.4. The largest absolute Gasteiger partial charge is 0.477 e. The molecule has 32 heavy (non-hydrogen) atoms. The molecule has 174 valence electrons. The van der Waals surface area contributed by atoms with Gasteiger partial charge < -0.3 is 19.8 Å². The predicted molar refractivity (Wildman–Crippen MR) is 124 cm³/mol. The molecule has 7 heteroatoms. The first-order valence-corrected chi connectivity index (χ1v) is 12.7. The number of aromatic carboxylic acids is 1. The van der Waals surface area contributed by atoms with E-state index in [0.717, 1.165) is 43.4 Å². The Morgan fingerprint density at radius 3 is 2.44 bits per heavy atom. The Labute approximate surface area is 194 Å². The SMILES string of the molecule is CC1CCC(C(=O)N(c2cc(C#CC3CCOC3)sc2C(=O)O)C2CCC(O)CC2)CC1. The van der Waals surface area contributed by atoms with Gasteiger partial charge in [0.1, 0.15) is 4.88 Å². The summed E-state index contributed by atoms with van der Waals surface area (Å²) in [6, 6.07) is 1.72. The van der Waals surface area contributed by atoms with E-state index in [1.807, 2.05) is 0 Å². The summed E-state index contributed by atoms with van der Waals surface area (Å²) in [7, 11) is 0. The van der Waals surface area contributed by atoms with E-state index < -0.39 is 5.97 Å². The average molecular weight is 460 g/mol. The van der Waals surface area contributed by atoms with E-state index >= 15 is 0 Å². The Morgan fingerprint density at radius 2 is 1.81 bits per heavy atom. The van der Waals surface area contributed by atoms with Crippen LogP contribution in [0.25, 0.3) is 0 Å². The number of aliphatic hydroxyl groups excluding tert-OH is 1. The van der Waals surface area contributed by atoms with Gasteiger partial charge in [0.2, 0.25) is 5.91 Å². The fourth-order valence-electron chi connectivity index (χ4n) is 5.11. The summed E-state index contributed by atoms with van der Waals surface area (Å²) in [4.78, 5) is 28.5. The molecular weight excluding hydrogens is 426 g/mol. The van der Waals surface area contributed by atoms with Crippen LogP contribution in [0.15, 0.2) is 6.07 Å². The molecule has 3 aliphatic rings. The minimum atomic E-state index is -1.02. The fraction of sp³-hybridized carbons (Fsp3) is 0.680. The van der Waals surface area contributed by atoms with E-state index in [4.69, 9.17) is 4.74 Å².